The molecular formula is C16H28O3. The fourth-order valence-electron chi connectivity index (χ4n) is 1.61. The average Bonchev–Trinajstić information content (AvgIpc) is 2.24. The summed E-state index contributed by atoms with van der Waals surface area (Å²) in [5.74, 6) is -0.0647. The maximum atomic E-state index is 11.5. The van der Waals surface area contributed by atoms with Crippen molar-refractivity contribution in [3.63, 3.8) is 0 Å². The molecule has 0 spiro atoms. The lowest BCUT2D eigenvalue weighted by Crippen LogP contribution is -2.24. The van der Waals surface area contributed by atoms with Gasteiger partial charge < -0.3 is 9.84 Å². The van der Waals surface area contributed by atoms with Crippen LogP contribution in [0.25, 0.3) is 0 Å². The Bertz CT molecular complexity index is 345. The molecule has 19 heavy (non-hydrogen) atoms. The molecule has 3 heteroatoms. The van der Waals surface area contributed by atoms with Gasteiger partial charge in [0.1, 0.15) is 5.60 Å². The van der Waals surface area contributed by atoms with E-state index in [-0.39, 0.29) is 23.9 Å². The van der Waals surface area contributed by atoms with Gasteiger partial charge in [0.05, 0.1) is 6.10 Å². The minimum Gasteiger partial charge on any atom is -0.457 e. The van der Waals surface area contributed by atoms with E-state index >= 15 is 0 Å². The second kappa shape index (κ2) is 7.49. The largest absolute Gasteiger partial charge is 0.457 e. The summed E-state index contributed by atoms with van der Waals surface area (Å²) in [6.07, 6.45) is 4.56. The van der Waals surface area contributed by atoms with Crippen LogP contribution in [0.2, 0.25) is 0 Å². The molecule has 0 aromatic rings. The second-order valence-electron chi connectivity index (χ2n) is 6.33. The van der Waals surface area contributed by atoms with Crippen molar-refractivity contribution in [3.05, 3.63) is 23.8 Å². The maximum Gasteiger partial charge on any atom is 0.331 e. The molecule has 0 aliphatic rings. The SMILES string of the molecule is C/C(=C/C=C/C(=O)OC(C)(C)C)[C@@H](C)[C@@H](O)C(C)C. The quantitative estimate of drug-likeness (QED) is 0.472. The number of hydrogen-bond acceptors (Lipinski definition) is 3. The molecule has 0 radical (unpaired) electrons. The van der Waals surface area contributed by atoms with E-state index in [0.717, 1.165) is 5.57 Å². The highest BCUT2D eigenvalue weighted by molar-refractivity contribution is 5.82. The van der Waals surface area contributed by atoms with Gasteiger partial charge >= 0.3 is 5.97 Å². The standard InChI is InChI=1S/C16H28O3/c1-11(2)15(18)13(4)12(3)9-8-10-14(17)19-16(5,6)7/h8-11,13,15,18H,1-7H3/b10-8+,12-9-/t13-,15+/m1/s1. The van der Waals surface area contributed by atoms with Crippen molar-refractivity contribution >= 4 is 5.97 Å². The summed E-state index contributed by atoms with van der Waals surface area (Å²) in [6, 6.07) is 0. The lowest BCUT2D eigenvalue weighted by Gasteiger charge is -2.22. The molecule has 0 heterocycles. The predicted molar refractivity (Wildman–Crippen MR) is 78.8 cm³/mol. The third kappa shape index (κ3) is 7.83. The Morgan fingerprint density at radius 1 is 1.21 bits per heavy atom. The van der Waals surface area contributed by atoms with Crippen molar-refractivity contribution in [1.82, 2.24) is 0 Å². The Labute approximate surface area is 117 Å². The summed E-state index contributed by atoms with van der Waals surface area (Å²) in [4.78, 5) is 11.5. The molecular weight excluding hydrogens is 240 g/mol. The van der Waals surface area contributed by atoms with E-state index in [2.05, 4.69) is 0 Å². The second-order valence-corrected chi connectivity index (χ2v) is 6.33. The number of esters is 1. The van der Waals surface area contributed by atoms with Gasteiger partial charge in [-0.3, -0.25) is 0 Å². The summed E-state index contributed by atoms with van der Waals surface area (Å²) < 4.78 is 5.16. The molecule has 0 saturated heterocycles. The number of carbonyl (C=O) groups is 1. The number of allylic oxidation sites excluding steroid dienone is 2. The number of carbonyl (C=O) groups excluding carboxylic acids is 1. The van der Waals surface area contributed by atoms with Gasteiger partial charge in [0.15, 0.2) is 0 Å². The maximum absolute atomic E-state index is 11.5. The Morgan fingerprint density at radius 2 is 1.74 bits per heavy atom. The molecule has 0 saturated carbocycles. The topological polar surface area (TPSA) is 46.5 Å². The van der Waals surface area contributed by atoms with Crippen LogP contribution in [0.15, 0.2) is 23.8 Å². The van der Waals surface area contributed by atoms with Crippen LogP contribution in [0, 0.1) is 11.8 Å². The molecule has 3 nitrogen and oxygen atoms in total. The zero-order valence-corrected chi connectivity index (χ0v) is 13.2. The van der Waals surface area contributed by atoms with Crippen LogP contribution < -0.4 is 0 Å². The normalized spacial score (nSPS) is 16.8. The lowest BCUT2D eigenvalue weighted by atomic mass is 9.89. The Morgan fingerprint density at radius 3 is 2.16 bits per heavy atom. The highest BCUT2D eigenvalue weighted by atomic mass is 16.6. The van der Waals surface area contributed by atoms with E-state index in [4.69, 9.17) is 4.74 Å². The zero-order valence-electron chi connectivity index (χ0n) is 13.2. The minimum absolute atomic E-state index is 0.0725. The van der Waals surface area contributed by atoms with Crippen LogP contribution in [0.5, 0.6) is 0 Å². The van der Waals surface area contributed by atoms with Crippen molar-refractivity contribution in [1.29, 1.82) is 0 Å². The average molecular weight is 268 g/mol. The Hall–Kier alpha value is -1.09. The molecule has 1 N–H and O–H groups in total. The molecule has 0 bridgehead atoms. The fourth-order valence-corrected chi connectivity index (χ4v) is 1.61. The van der Waals surface area contributed by atoms with E-state index in [1.807, 2.05) is 54.5 Å². The molecule has 110 valence electrons. The number of hydrogen-bond donors (Lipinski definition) is 1. The van der Waals surface area contributed by atoms with Gasteiger partial charge in [-0.25, -0.2) is 4.79 Å². The number of rotatable bonds is 5. The molecule has 0 amide bonds. The highest BCUT2D eigenvalue weighted by Gasteiger charge is 2.18. The number of aliphatic hydroxyl groups is 1. The van der Waals surface area contributed by atoms with E-state index in [9.17, 15) is 9.90 Å². The first-order valence-electron chi connectivity index (χ1n) is 6.80. The van der Waals surface area contributed by atoms with Gasteiger partial charge in [0.25, 0.3) is 0 Å². The smallest absolute Gasteiger partial charge is 0.331 e. The van der Waals surface area contributed by atoms with Crippen molar-refractivity contribution in [3.8, 4) is 0 Å². The summed E-state index contributed by atoms with van der Waals surface area (Å²) >= 11 is 0. The zero-order chi connectivity index (χ0) is 15.2. The first-order valence-corrected chi connectivity index (χ1v) is 6.80. The summed E-state index contributed by atoms with van der Waals surface area (Å²) in [7, 11) is 0. The van der Waals surface area contributed by atoms with Crippen molar-refractivity contribution < 1.29 is 14.6 Å². The van der Waals surface area contributed by atoms with Gasteiger partial charge in [-0.1, -0.05) is 38.5 Å². The van der Waals surface area contributed by atoms with Gasteiger partial charge in [0, 0.05) is 12.0 Å². The van der Waals surface area contributed by atoms with Crippen molar-refractivity contribution in [2.75, 3.05) is 0 Å². The van der Waals surface area contributed by atoms with Gasteiger partial charge in [-0.05, 0) is 33.6 Å². The fraction of sp³-hybridized carbons (Fsp3) is 0.688. The number of aliphatic hydroxyl groups excluding tert-OH is 1. The van der Waals surface area contributed by atoms with Crippen LogP contribution >= 0.6 is 0 Å². The highest BCUT2D eigenvalue weighted by Crippen LogP contribution is 2.20. The molecule has 0 aromatic heterocycles. The van der Waals surface area contributed by atoms with Crippen LogP contribution in [-0.2, 0) is 9.53 Å². The molecule has 0 aliphatic carbocycles. The predicted octanol–water partition coefficient (Wildman–Crippen LogP) is 3.48. The van der Waals surface area contributed by atoms with Crippen LogP contribution in [0.1, 0.15) is 48.5 Å². The third-order valence-electron chi connectivity index (χ3n) is 2.91. The first-order chi connectivity index (χ1) is 8.54. The van der Waals surface area contributed by atoms with E-state index in [1.54, 1.807) is 6.08 Å². The Balaban J connectivity index is 4.51. The monoisotopic (exact) mass is 268 g/mol. The molecule has 0 rings (SSSR count). The minimum atomic E-state index is -0.471. The summed E-state index contributed by atoms with van der Waals surface area (Å²) in [5.41, 5.74) is 0.572. The summed E-state index contributed by atoms with van der Waals surface area (Å²) in [5, 5.41) is 9.97. The summed E-state index contributed by atoms with van der Waals surface area (Å²) in [6.45, 7) is 13.4. The van der Waals surface area contributed by atoms with E-state index in [0.29, 0.717) is 0 Å². The molecule has 0 fully saturated rings. The molecule has 0 aliphatic heterocycles. The van der Waals surface area contributed by atoms with E-state index in [1.165, 1.54) is 6.08 Å². The molecule has 2 atom stereocenters. The van der Waals surface area contributed by atoms with Crippen LogP contribution in [0.4, 0.5) is 0 Å². The van der Waals surface area contributed by atoms with Crippen LogP contribution in [0.3, 0.4) is 0 Å². The van der Waals surface area contributed by atoms with Gasteiger partial charge in [-0.2, -0.15) is 0 Å². The Kier molecular flexibility index (Phi) is 7.06. The van der Waals surface area contributed by atoms with Gasteiger partial charge in [0.2, 0.25) is 0 Å². The lowest BCUT2D eigenvalue weighted by molar-refractivity contribution is -0.148. The number of ether oxygens (including phenoxy) is 1. The molecule has 0 aromatic carbocycles. The third-order valence-corrected chi connectivity index (χ3v) is 2.91. The van der Waals surface area contributed by atoms with E-state index < -0.39 is 5.60 Å². The van der Waals surface area contributed by atoms with Crippen LogP contribution in [-0.4, -0.2) is 22.8 Å². The van der Waals surface area contributed by atoms with Crippen molar-refractivity contribution in [2.24, 2.45) is 11.8 Å². The molecule has 0 unspecified atom stereocenters. The van der Waals surface area contributed by atoms with Crippen molar-refractivity contribution in [2.45, 2.75) is 60.2 Å². The first kappa shape index (κ1) is 17.9. The van der Waals surface area contributed by atoms with Gasteiger partial charge in [-0.15, -0.1) is 0 Å².